The van der Waals surface area contributed by atoms with E-state index in [1.807, 2.05) is 0 Å². The molecule has 0 saturated carbocycles. The van der Waals surface area contributed by atoms with E-state index in [0.717, 1.165) is 11.8 Å². The van der Waals surface area contributed by atoms with Crippen molar-refractivity contribution in [1.82, 2.24) is 4.98 Å². The van der Waals surface area contributed by atoms with Crippen LogP contribution in [0.25, 0.3) is 0 Å². The van der Waals surface area contributed by atoms with Crippen molar-refractivity contribution in [2.45, 2.75) is 48.4 Å². The largest absolute Gasteiger partial charge is 0.453 e. The molecule has 0 aliphatic heterocycles. The van der Waals surface area contributed by atoms with Crippen LogP contribution in [0.1, 0.15) is 19.3 Å². The Morgan fingerprint density at radius 3 is 2.00 bits per heavy atom. The summed E-state index contributed by atoms with van der Waals surface area (Å²) in [4.78, 5) is 2.70. The first-order valence-electron chi connectivity index (χ1n) is 6.51. The zero-order chi connectivity index (χ0) is 18.8. The zero-order valence-electron chi connectivity index (χ0n) is 12.2. The second kappa shape index (κ2) is 7.04. The smallest absolute Gasteiger partial charge is 0.238 e. The van der Waals surface area contributed by atoms with E-state index in [1.54, 1.807) is 17.8 Å². The Kier molecular flexibility index (Phi) is 6.16. The van der Waals surface area contributed by atoms with Gasteiger partial charge in [0.1, 0.15) is 12.4 Å². The molecule has 0 aromatic carbocycles. The maximum atomic E-state index is 13.5. The maximum absolute atomic E-state index is 13.5. The third-order valence-electron chi connectivity index (χ3n) is 2.94. The molecule has 1 aromatic rings. The maximum Gasteiger partial charge on any atom is 0.453 e. The van der Waals surface area contributed by atoms with Gasteiger partial charge in [-0.15, -0.1) is 0 Å². The van der Waals surface area contributed by atoms with Gasteiger partial charge < -0.3 is 0 Å². The van der Waals surface area contributed by atoms with Crippen LogP contribution < -0.4 is 4.57 Å². The van der Waals surface area contributed by atoms with E-state index < -0.39 is 43.2 Å². The first kappa shape index (κ1) is 21.0. The summed E-state index contributed by atoms with van der Waals surface area (Å²) >= 11 is 0.878. The Hall–Kier alpha value is -1.07. The summed E-state index contributed by atoms with van der Waals surface area (Å²) in [7, 11) is 1.60. The molecule has 0 saturated heterocycles. The fourth-order valence-electron chi connectivity index (χ4n) is 1.78. The lowest BCUT2D eigenvalue weighted by atomic mass is 10.0. The van der Waals surface area contributed by atoms with E-state index in [9.17, 15) is 39.5 Å². The molecule has 0 aliphatic carbocycles. The minimum absolute atomic E-state index is 0.326. The summed E-state index contributed by atoms with van der Waals surface area (Å²) in [5.41, 5.74) is 0. The number of nitrogens with zero attached hydrogens (tertiary/aromatic N) is 1. The van der Waals surface area contributed by atoms with E-state index in [-0.39, 0.29) is 5.75 Å². The van der Waals surface area contributed by atoms with Gasteiger partial charge in [-0.05, 0) is 11.8 Å². The quantitative estimate of drug-likeness (QED) is 0.392. The summed E-state index contributed by atoms with van der Waals surface area (Å²) < 4.78 is 116. The molecular weight excluding hydrogens is 375 g/mol. The number of alkyl halides is 9. The summed E-state index contributed by atoms with van der Waals surface area (Å²) in [6.07, 6.45) is -9.60. The Balaban J connectivity index is 2.59. The highest BCUT2D eigenvalue weighted by molar-refractivity contribution is 7.99. The molecule has 24 heavy (non-hydrogen) atoms. The SMILES string of the molecule is C[n+]1cc[nH]c1SCCC(F)(F)CC(F)(F)CC(F)(F)C(F)(F)F. The van der Waals surface area contributed by atoms with Gasteiger partial charge >= 0.3 is 17.3 Å². The molecule has 0 bridgehead atoms. The van der Waals surface area contributed by atoms with Crippen LogP contribution in [0.15, 0.2) is 17.6 Å². The lowest BCUT2D eigenvalue weighted by Gasteiger charge is -2.27. The molecule has 0 aliphatic rings. The van der Waals surface area contributed by atoms with Gasteiger partial charge in [-0.3, -0.25) is 0 Å². The number of aromatic amines is 1. The van der Waals surface area contributed by atoms with Crippen LogP contribution in [0.5, 0.6) is 0 Å². The average Bonchev–Trinajstić information content (AvgIpc) is 2.70. The second-order valence-corrected chi connectivity index (χ2v) is 6.33. The Morgan fingerprint density at radius 1 is 0.958 bits per heavy atom. The van der Waals surface area contributed by atoms with E-state index in [0.29, 0.717) is 5.16 Å². The van der Waals surface area contributed by atoms with Crippen LogP contribution in [0.3, 0.4) is 0 Å². The monoisotopic (exact) mass is 389 g/mol. The summed E-state index contributed by atoms with van der Waals surface area (Å²) in [6, 6.07) is 0. The van der Waals surface area contributed by atoms with Crippen LogP contribution in [0.2, 0.25) is 0 Å². The fraction of sp³-hybridized carbons (Fsp3) is 0.750. The molecule has 0 spiro atoms. The first-order valence-corrected chi connectivity index (χ1v) is 7.50. The molecule has 2 nitrogen and oxygen atoms in total. The van der Waals surface area contributed by atoms with Crippen LogP contribution in [-0.2, 0) is 7.05 Å². The minimum atomic E-state index is -6.22. The van der Waals surface area contributed by atoms with Crippen LogP contribution >= 0.6 is 11.8 Å². The molecule has 1 rings (SSSR count). The molecule has 1 heterocycles. The average molecular weight is 389 g/mol. The first-order chi connectivity index (χ1) is 10.7. The van der Waals surface area contributed by atoms with Gasteiger partial charge in [-0.1, -0.05) is 0 Å². The number of hydrogen-bond donors (Lipinski definition) is 1. The lowest BCUT2D eigenvalue weighted by molar-refractivity contribution is -0.708. The van der Waals surface area contributed by atoms with Crippen molar-refractivity contribution in [2.24, 2.45) is 7.05 Å². The van der Waals surface area contributed by atoms with Gasteiger partial charge in [0.05, 0.1) is 19.9 Å². The molecule has 1 N–H and O–H groups in total. The van der Waals surface area contributed by atoms with Crippen molar-refractivity contribution in [3.63, 3.8) is 0 Å². The van der Waals surface area contributed by atoms with Gasteiger partial charge in [-0.2, -0.15) is 22.0 Å². The number of aryl methyl sites for hydroxylation is 1. The van der Waals surface area contributed by atoms with E-state index in [4.69, 9.17) is 0 Å². The molecule has 0 amide bonds. The number of nitrogens with one attached hydrogen (secondary N) is 1. The van der Waals surface area contributed by atoms with Gasteiger partial charge in [0.15, 0.2) is 0 Å². The molecule has 1 aromatic heterocycles. The minimum Gasteiger partial charge on any atom is -0.238 e. The zero-order valence-corrected chi connectivity index (χ0v) is 13.1. The lowest BCUT2D eigenvalue weighted by Crippen LogP contribution is -2.43. The van der Waals surface area contributed by atoms with Crippen molar-refractivity contribution in [1.29, 1.82) is 0 Å². The number of halogens is 9. The Morgan fingerprint density at radius 2 is 1.54 bits per heavy atom. The third kappa shape index (κ3) is 6.10. The number of thioether (sulfide) groups is 1. The topological polar surface area (TPSA) is 19.7 Å². The molecule has 0 atom stereocenters. The second-order valence-electron chi connectivity index (χ2n) is 5.24. The molecule has 140 valence electrons. The standard InChI is InChI=1S/C12H13F9N2S/c1-23-4-3-22-8(23)24-5-2-9(13,14)6-10(15,16)7-11(17,18)12(19,20)21/h3-4H,2,5-7H2,1H3/p+1. The van der Waals surface area contributed by atoms with Crippen molar-refractivity contribution >= 4 is 11.8 Å². The molecule has 0 radical (unpaired) electrons. The summed E-state index contributed by atoms with van der Waals surface area (Å²) in [5, 5.41) is 0.459. The van der Waals surface area contributed by atoms with Crippen molar-refractivity contribution in [3.05, 3.63) is 12.4 Å². The highest BCUT2D eigenvalue weighted by atomic mass is 32.2. The normalized spacial score (nSPS) is 14.2. The predicted octanol–water partition coefficient (Wildman–Crippen LogP) is 4.57. The Bertz CT molecular complexity index is 539. The summed E-state index contributed by atoms with van der Waals surface area (Å²) in [6.45, 7) is 0. The molecule has 12 heteroatoms. The van der Waals surface area contributed by atoms with E-state index in [1.165, 1.54) is 6.20 Å². The fourth-order valence-corrected chi connectivity index (χ4v) is 2.79. The number of rotatable bonds is 8. The number of imidazole rings is 1. The number of H-pyrrole nitrogens is 1. The van der Waals surface area contributed by atoms with Gasteiger partial charge in [0, 0.05) is 12.2 Å². The Labute approximate surface area is 135 Å². The van der Waals surface area contributed by atoms with E-state index in [2.05, 4.69) is 4.98 Å². The van der Waals surface area contributed by atoms with Gasteiger partial charge in [0.2, 0.25) is 0 Å². The molecule has 0 fully saturated rings. The van der Waals surface area contributed by atoms with Gasteiger partial charge in [0.25, 0.3) is 11.8 Å². The van der Waals surface area contributed by atoms with Crippen molar-refractivity contribution in [3.8, 4) is 0 Å². The highest BCUT2D eigenvalue weighted by Crippen LogP contribution is 2.46. The van der Waals surface area contributed by atoms with Crippen molar-refractivity contribution in [2.75, 3.05) is 5.75 Å². The van der Waals surface area contributed by atoms with Gasteiger partial charge in [-0.25, -0.2) is 27.1 Å². The van der Waals surface area contributed by atoms with Crippen LogP contribution in [0.4, 0.5) is 39.5 Å². The highest BCUT2D eigenvalue weighted by Gasteiger charge is 2.62. The third-order valence-corrected chi connectivity index (χ3v) is 4.03. The van der Waals surface area contributed by atoms with Crippen LogP contribution in [-0.4, -0.2) is 34.7 Å². The van der Waals surface area contributed by atoms with Crippen molar-refractivity contribution < 1.29 is 44.1 Å². The number of aromatic nitrogens is 2. The molecular formula is C12H14F9N2S+. The number of hydrogen-bond acceptors (Lipinski definition) is 1. The van der Waals surface area contributed by atoms with Crippen LogP contribution in [0, 0.1) is 0 Å². The summed E-state index contributed by atoms with van der Waals surface area (Å²) in [5.74, 6) is -15.0. The molecule has 0 unspecified atom stereocenters. The predicted molar refractivity (Wildman–Crippen MR) is 67.4 cm³/mol. The van der Waals surface area contributed by atoms with E-state index >= 15 is 0 Å².